The molecule has 4 rings (SSSR count). The Kier molecular flexibility index (Phi) is 5.74. The molecule has 1 N–H and O–H groups in total. The Morgan fingerprint density at radius 1 is 1.10 bits per heavy atom. The predicted octanol–water partition coefficient (Wildman–Crippen LogP) is 3.92. The molecule has 3 aromatic rings. The van der Waals surface area contributed by atoms with Gasteiger partial charge < -0.3 is 10.2 Å². The molecular weight excluding hydrogens is 430 g/mol. The van der Waals surface area contributed by atoms with Gasteiger partial charge in [0.15, 0.2) is 5.69 Å². The van der Waals surface area contributed by atoms with Crippen LogP contribution in [0.25, 0.3) is 0 Å². The third-order valence-corrected chi connectivity index (χ3v) is 5.56. The van der Waals surface area contributed by atoms with E-state index in [4.69, 9.17) is 23.2 Å². The topological polar surface area (TPSA) is 67.2 Å². The van der Waals surface area contributed by atoms with Crippen molar-refractivity contribution in [3.8, 4) is 0 Å². The average molecular weight is 447 g/mol. The number of fused-ring (bicyclic) bond motifs is 1. The van der Waals surface area contributed by atoms with Crippen molar-refractivity contribution in [3.63, 3.8) is 0 Å². The lowest BCUT2D eigenvalue weighted by atomic mass is 10.1. The van der Waals surface area contributed by atoms with Crippen LogP contribution in [-0.4, -0.2) is 33.0 Å². The standard InChI is InChI=1S/C21H17Cl2FN4O2/c22-16-5-2-6-17(23)15(16)12-27-7-8-28-19(21(27)30)10-18(26-28)20(29)25-11-13-3-1-4-14(24)9-13/h1-6,9-10H,7-8,11-12H2,(H,25,29). The minimum Gasteiger partial charge on any atom is -0.347 e. The van der Waals surface area contributed by atoms with E-state index < -0.39 is 5.91 Å². The SMILES string of the molecule is O=C(NCc1cccc(F)c1)c1cc2n(n1)CCN(Cc1c(Cl)cccc1Cl)C2=O. The lowest BCUT2D eigenvalue weighted by Crippen LogP contribution is -2.39. The molecule has 0 spiro atoms. The van der Waals surface area contributed by atoms with E-state index in [1.165, 1.54) is 22.9 Å². The van der Waals surface area contributed by atoms with Gasteiger partial charge in [-0.2, -0.15) is 5.10 Å². The summed E-state index contributed by atoms with van der Waals surface area (Å²) in [5, 5.41) is 7.91. The smallest absolute Gasteiger partial charge is 0.272 e. The van der Waals surface area contributed by atoms with Crippen molar-refractivity contribution in [1.82, 2.24) is 20.0 Å². The number of halogens is 3. The van der Waals surface area contributed by atoms with Gasteiger partial charge in [-0.3, -0.25) is 14.3 Å². The Balaban J connectivity index is 1.47. The molecule has 1 aliphatic rings. The fourth-order valence-corrected chi connectivity index (χ4v) is 3.81. The minimum absolute atomic E-state index is 0.132. The number of rotatable bonds is 5. The van der Waals surface area contributed by atoms with Crippen LogP contribution in [0.3, 0.4) is 0 Å². The number of amides is 2. The predicted molar refractivity (Wildman–Crippen MR) is 111 cm³/mol. The first-order valence-electron chi connectivity index (χ1n) is 9.25. The van der Waals surface area contributed by atoms with Crippen LogP contribution in [0.5, 0.6) is 0 Å². The highest BCUT2D eigenvalue weighted by Gasteiger charge is 2.28. The van der Waals surface area contributed by atoms with Crippen LogP contribution in [-0.2, 0) is 19.6 Å². The summed E-state index contributed by atoms with van der Waals surface area (Å²) >= 11 is 12.4. The number of carbonyl (C=O) groups excluding carboxylic acids is 2. The molecule has 2 heterocycles. The highest BCUT2D eigenvalue weighted by Crippen LogP contribution is 2.27. The van der Waals surface area contributed by atoms with E-state index in [1.807, 2.05) is 0 Å². The van der Waals surface area contributed by atoms with Gasteiger partial charge >= 0.3 is 0 Å². The second-order valence-corrected chi connectivity index (χ2v) is 7.69. The summed E-state index contributed by atoms with van der Waals surface area (Å²) in [6.45, 7) is 1.28. The molecule has 0 unspecified atom stereocenters. The Bertz CT molecular complexity index is 1110. The maximum atomic E-state index is 13.3. The fourth-order valence-electron chi connectivity index (χ4n) is 3.29. The maximum absolute atomic E-state index is 13.3. The average Bonchev–Trinajstić information content (AvgIpc) is 3.16. The molecule has 1 aliphatic heterocycles. The fraction of sp³-hybridized carbons (Fsp3) is 0.190. The van der Waals surface area contributed by atoms with Gasteiger partial charge in [-0.1, -0.05) is 41.4 Å². The molecule has 0 radical (unpaired) electrons. The van der Waals surface area contributed by atoms with Crippen molar-refractivity contribution in [3.05, 3.63) is 86.9 Å². The number of nitrogens with zero attached hydrogens (tertiary/aromatic N) is 3. The first-order chi connectivity index (χ1) is 14.4. The number of hydrogen-bond donors (Lipinski definition) is 1. The molecule has 6 nitrogen and oxygen atoms in total. The lowest BCUT2D eigenvalue weighted by Gasteiger charge is -2.28. The van der Waals surface area contributed by atoms with E-state index in [-0.39, 0.29) is 30.5 Å². The summed E-state index contributed by atoms with van der Waals surface area (Å²) in [5.74, 6) is -1.06. The molecule has 0 aliphatic carbocycles. The number of aromatic nitrogens is 2. The van der Waals surface area contributed by atoms with E-state index in [2.05, 4.69) is 10.4 Å². The molecule has 30 heavy (non-hydrogen) atoms. The van der Waals surface area contributed by atoms with Gasteiger partial charge in [-0.05, 0) is 29.8 Å². The monoisotopic (exact) mass is 446 g/mol. The molecule has 0 saturated carbocycles. The summed E-state index contributed by atoms with van der Waals surface area (Å²) in [6.07, 6.45) is 0. The largest absolute Gasteiger partial charge is 0.347 e. The van der Waals surface area contributed by atoms with Crippen LogP contribution in [0.2, 0.25) is 10.0 Å². The third kappa shape index (κ3) is 4.17. The zero-order valence-corrected chi connectivity index (χ0v) is 17.3. The normalized spacial score (nSPS) is 13.3. The van der Waals surface area contributed by atoms with Crippen molar-refractivity contribution in [2.45, 2.75) is 19.6 Å². The Morgan fingerprint density at radius 3 is 2.57 bits per heavy atom. The van der Waals surface area contributed by atoms with Crippen LogP contribution < -0.4 is 5.32 Å². The van der Waals surface area contributed by atoms with Crippen LogP contribution in [0.1, 0.15) is 32.1 Å². The molecule has 9 heteroatoms. The van der Waals surface area contributed by atoms with Crippen molar-refractivity contribution in [2.24, 2.45) is 0 Å². The summed E-state index contributed by atoms with van der Waals surface area (Å²) in [6, 6.07) is 12.6. The van der Waals surface area contributed by atoms with E-state index in [1.54, 1.807) is 35.2 Å². The molecule has 2 aromatic carbocycles. The van der Waals surface area contributed by atoms with Crippen molar-refractivity contribution in [2.75, 3.05) is 6.54 Å². The van der Waals surface area contributed by atoms with E-state index in [0.717, 1.165) is 0 Å². The van der Waals surface area contributed by atoms with Crippen molar-refractivity contribution < 1.29 is 14.0 Å². The van der Waals surface area contributed by atoms with Gasteiger partial charge in [0.05, 0.1) is 6.54 Å². The van der Waals surface area contributed by atoms with E-state index in [9.17, 15) is 14.0 Å². The van der Waals surface area contributed by atoms with Crippen molar-refractivity contribution in [1.29, 1.82) is 0 Å². The molecule has 0 atom stereocenters. The summed E-state index contributed by atoms with van der Waals surface area (Å²) in [7, 11) is 0. The Hall–Kier alpha value is -2.90. The highest BCUT2D eigenvalue weighted by atomic mass is 35.5. The van der Waals surface area contributed by atoms with Gasteiger partial charge in [0.2, 0.25) is 0 Å². The van der Waals surface area contributed by atoms with E-state index >= 15 is 0 Å². The number of hydrogen-bond acceptors (Lipinski definition) is 3. The molecule has 0 fully saturated rings. The van der Waals surface area contributed by atoms with Gasteiger partial charge in [-0.25, -0.2) is 4.39 Å². The summed E-state index contributed by atoms with van der Waals surface area (Å²) in [4.78, 5) is 27.0. The van der Waals surface area contributed by atoms with Gasteiger partial charge in [0, 0.05) is 41.3 Å². The minimum atomic E-state index is -0.436. The maximum Gasteiger partial charge on any atom is 0.272 e. The molecule has 154 valence electrons. The number of nitrogens with one attached hydrogen (secondary N) is 1. The molecule has 0 saturated heterocycles. The second kappa shape index (κ2) is 8.45. The van der Waals surface area contributed by atoms with Gasteiger partial charge in [0.1, 0.15) is 11.5 Å². The molecular formula is C21H17Cl2FN4O2. The summed E-state index contributed by atoms with van der Waals surface area (Å²) in [5.41, 5.74) is 1.76. The van der Waals surface area contributed by atoms with Crippen molar-refractivity contribution >= 4 is 35.0 Å². The molecule has 0 bridgehead atoms. The first-order valence-corrected chi connectivity index (χ1v) is 10.0. The van der Waals surface area contributed by atoms with Gasteiger partial charge in [0.25, 0.3) is 11.8 Å². The lowest BCUT2D eigenvalue weighted by molar-refractivity contribution is 0.0683. The zero-order valence-electron chi connectivity index (χ0n) is 15.7. The van der Waals surface area contributed by atoms with Crippen LogP contribution in [0, 0.1) is 5.82 Å². The number of carbonyl (C=O) groups is 2. The Morgan fingerprint density at radius 2 is 1.83 bits per heavy atom. The Labute approximate surface area is 182 Å². The van der Waals surface area contributed by atoms with Crippen LogP contribution in [0.15, 0.2) is 48.5 Å². The zero-order chi connectivity index (χ0) is 21.3. The molecule has 2 amide bonds. The molecule has 1 aromatic heterocycles. The van der Waals surface area contributed by atoms with Gasteiger partial charge in [-0.15, -0.1) is 0 Å². The third-order valence-electron chi connectivity index (χ3n) is 4.85. The summed E-state index contributed by atoms with van der Waals surface area (Å²) < 4.78 is 14.8. The second-order valence-electron chi connectivity index (χ2n) is 6.88. The van der Waals surface area contributed by atoms with Crippen LogP contribution >= 0.6 is 23.2 Å². The van der Waals surface area contributed by atoms with E-state index in [0.29, 0.717) is 40.0 Å². The highest BCUT2D eigenvalue weighted by molar-refractivity contribution is 6.36. The number of benzene rings is 2. The van der Waals surface area contributed by atoms with Crippen LogP contribution in [0.4, 0.5) is 4.39 Å². The quantitative estimate of drug-likeness (QED) is 0.645. The first kappa shape index (κ1) is 20.4.